The van der Waals surface area contributed by atoms with Crippen molar-refractivity contribution >= 4 is 39.9 Å². The Labute approximate surface area is 219 Å². The zero-order valence-corrected chi connectivity index (χ0v) is 21.5. The van der Waals surface area contributed by atoms with Crippen LogP contribution < -0.4 is 11.1 Å². The number of hydrogen-bond acceptors (Lipinski definition) is 6. The molecule has 17 heteroatoms. The van der Waals surface area contributed by atoms with Crippen LogP contribution in [0.2, 0.25) is 0 Å². The van der Waals surface area contributed by atoms with Gasteiger partial charge >= 0.3 is 6.18 Å². The van der Waals surface area contributed by atoms with Crippen molar-refractivity contribution in [2.45, 2.75) is 44.6 Å². The van der Waals surface area contributed by atoms with Gasteiger partial charge in [-0.05, 0) is 18.1 Å². The highest BCUT2D eigenvalue weighted by Gasteiger charge is 2.41. The third-order valence-electron chi connectivity index (χ3n) is 5.58. The lowest BCUT2D eigenvalue weighted by Gasteiger charge is -2.30. The molecule has 1 aliphatic heterocycles. The molecule has 0 radical (unpaired) electrons. The molecule has 1 aliphatic rings. The molecule has 2 amide bonds. The Bertz CT molecular complexity index is 1320. The number of benzene rings is 1. The number of rotatable bonds is 8. The number of fused-ring (bicyclic) bond motifs is 1. The van der Waals surface area contributed by atoms with Crippen LogP contribution in [0.15, 0.2) is 12.1 Å². The molecule has 1 atom stereocenters. The minimum Gasteiger partial charge on any atom is -0.335 e. The van der Waals surface area contributed by atoms with Gasteiger partial charge in [-0.15, -0.1) is 12.4 Å². The van der Waals surface area contributed by atoms with E-state index in [4.69, 9.17) is 5.73 Å². The Balaban J connectivity index is 0.00000507. The van der Waals surface area contributed by atoms with Crippen LogP contribution in [0.1, 0.15) is 29.9 Å². The molecule has 3 N–H and O–H groups in total. The van der Waals surface area contributed by atoms with Gasteiger partial charge in [0.15, 0.2) is 17.5 Å². The van der Waals surface area contributed by atoms with Crippen LogP contribution in [-0.2, 0) is 45.1 Å². The summed E-state index contributed by atoms with van der Waals surface area (Å²) in [5.74, 6) is -7.47. The summed E-state index contributed by atoms with van der Waals surface area (Å²) in [4.78, 5) is 29.5. The molecule has 0 aliphatic carbocycles. The largest absolute Gasteiger partial charge is 0.449 e. The molecule has 2 heterocycles. The lowest BCUT2D eigenvalue weighted by Crippen LogP contribution is -2.42. The Morgan fingerprint density at radius 3 is 2.37 bits per heavy atom. The number of halogens is 7. The maximum absolute atomic E-state index is 13.9. The molecule has 2 aromatic rings. The summed E-state index contributed by atoms with van der Waals surface area (Å²) in [5.41, 5.74) is 5.52. The van der Waals surface area contributed by atoms with Crippen LogP contribution in [0.25, 0.3) is 0 Å². The number of hydrogen-bond donors (Lipinski definition) is 2. The first-order valence-electron chi connectivity index (χ1n) is 10.9. The normalized spacial score (nSPS) is 14.5. The van der Waals surface area contributed by atoms with E-state index in [9.17, 15) is 44.3 Å². The topological polar surface area (TPSA) is 127 Å². The van der Waals surface area contributed by atoms with E-state index < -0.39 is 75.1 Å². The first kappa shape index (κ1) is 31.4. The highest BCUT2D eigenvalue weighted by Crippen LogP contribution is 2.34. The van der Waals surface area contributed by atoms with Crippen molar-refractivity contribution in [2.24, 2.45) is 5.73 Å². The van der Waals surface area contributed by atoms with Crippen molar-refractivity contribution in [1.82, 2.24) is 14.5 Å². The summed E-state index contributed by atoms with van der Waals surface area (Å²) in [6, 6.07) is -0.0273. The van der Waals surface area contributed by atoms with Gasteiger partial charge < -0.3 is 20.5 Å². The van der Waals surface area contributed by atoms with Crippen molar-refractivity contribution in [3.8, 4) is 0 Å². The predicted molar refractivity (Wildman–Crippen MR) is 125 cm³/mol. The third kappa shape index (κ3) is 7.83. The standard InChI is InChI=1S/C21H23F6N5O4S.ClH/c1-37(35,36)5-2-17(33)29-19-16-10-31(3-4-32(16)20(30-19)21(25,26)27)18(34)8-12(28)6-11-7-14(23)15(24)9-13(11)22;/h7,9,12H,2-6,8,10,28H2,1H3,(H,29,33);1H/t12-;/m1./s1. The number of nitrogens with one attached hydrogen (secondary N) is 1. The number of nitrogens with two attached hydrogens (primary N) is 1. The van der Waals surface area contributed by atoms with E-state index in [1.807, 2.05) is 0 Å². The second-order valence-corrected chi connectivity index (χ2v) is 10.9. The SMILES string of the molecule is CS(=O)(=O)CCC(=O)Nc1nc(C(F)(F)F)n2c1CN(C(=O)C[C@H](N)Cc1cc(F)c(F)cc1F)CC2.Cl. The van der Waals surface area contributed by atoms with Gasteiger partial charge in [-0.3, -0.25) is 9.59 Å². The van der Waals surface area contributed by atoms with Gasteiger partial charge in [0, 0.05) is 44.3 Å². The van der Waals surface area contributed by atoms with Gasteiger partial charge in [0.2, 0.25) is 17.6 Å². The molecule has 9 nitrogen and oxygen atoms in total. The molecule has 0 unspecified atom stereocenters. The molecular formula is C21H24ClF6N5O4S. The van der Waals surface area contributed by atoms with Gasteiger partial charge in [0.25, 0.3) is 0 Å². The summed E-state index contributed by atoms with van der Waals surface area (Å²) in [6.45, 7) is -0.843. The average molecular weight is 592 g/mol. The molecule has 0 saturated carbocycles. The van der Waals surface area contributed by atoms with E-state index >= 15 is 0 Å². The second-order valence-electron chi connectivity index (χ2n) is 8.65. The molecule has 1 aromatic heterocycles. The van der Waals surface area contributed by atoms with E-state index in [1.54, 1.807) is 0 Å². The first-order chi connectivity index (χ1) is 17.0. The van der Waals surface area contributed by atoms with Crippen LogP contribution in [0.3, 0.4) is 0 Å². The van der Waals surface area contributed by atoms with E-state index in [-0.39, 0.29) is 56.1 Å². The number of anilines is 1. The van der Waals surface area contributed by atoms with E-state index in [0.29, 0.717) is 12.1 Å². The number of carbonyl (C=O) groups excluding carboxylic acids is 2. The second kappa shape index (κ2) is 11.9. The molecule has 3 rings (SSSR count). The van der Waals surface area contributed by atoms with Gasteiger partial charge in [-0.25, -0.2) is 26.6 Å². The van der Waals surface area contributed by atoms with Crippen LogP contribution in [0, 0.1) is 17.5 Å². The highest BCUT2D eigenvalue weighted by molar-refractivity contribution is 7.90. The molecule has 212 valence electrons. The van der Waals surface area contributed by atoms with Crippen LogP contribution >= 0.6 is 12.4 Å². The number of nitrogens with zero attached hydrogens (tertiary/aromatic N) is 3. The van der Waals surface area contributed by atoms with Crippen LogP contribution in [0.5, 0.6) is 0 Å². The highest BCUT2D eigenvalue weighted by atomic mass is 35.5. The molecule has 0 spiro atoms. The quantitative estimate of drug-likeness (QED) is 0.359. The van der Waals surface area contributed by atoms with Crippen molar-refractivity contribution in [3.63, 3.8) is 0 Å². The van der Waals surface area contributed by atoms with Gasteiger partial charge in [0.1, 0.15) is 15.7 Å². The minimum absolute atomic E-state index is 0. The summed E-state index contributed by atoms with van der Waals surface area (Å²) in [6.07, 6.45) is -5.16. The summed E-state index contributed by atoms with van der Waals surface area (Å²) in [5, 5.41) is 2.18. The molecule has 1 aromatic carbocycles. The Kier molecular flexibility index (Phi) is 9.83. The average Bonchev–Trinajstić information content (AvgIpc) is 3.13. The number of carbonyl (C=O) groups is 2. The Morgan fingerprint density at radius 2 is 1.76 bits per heavy atom. The monoisotopic (exact) mass is 591 g/mol. The summed E-state index contributed by atoms with van der Waals surface area (Å²) < 4.78 is 104. The smallest absolute Gasteiger partial charge is 0.335 e. The lowest BCUT2D eigenvalue weighted by molar-refractivity contribution is -0.148. The molecular weight excluding hydrogens is 568 g/mol. The lowest BCUT2D eigenvalue weighted by atomic mass is 10.0. The third-order valence-corrected chi connectivity index (χ3v) is 6.52. The molecule has 0 saturated heterocycles. The number of imidazole rings is 1. The minimum atomic E-state index is -4.87. The zero-order chi connectivity index (χ0) is 27.7. The number of aromatic nitrogens is 2. The molecule has 38 heavy (non-hydrogen) atoms. The van der Waals surface area contributed by atoms with Gasteiger partial charge in [-0.2, -0.15) is 13.2 Å². The van der Waals surface area contributed by atoms with Crippen molar-refractivity contribution in [2.75, 3.05) is 23.9 Å². The number of alkyl halides is 3. The number of sulfone groups is 1. The summed E-state index contributed by atoms with van der Waals surface area (Å²) in [7, 11) is -3.50. The van der Waals surface area contributed by atoms with Crippen LogP contribution in [-0.4, -0.2) is 59.3 Å². The van der Waals surface area contributed by atoms with Crippen molar-refractivity contribution in [3.05, 3.63) is 46.7 Å². The van der Waals surface area contributed by atoms with Crippen LogP contribution in [0.4, 0.5) is 32.2 Å². The van der Waals surface area contributed by atoms with E-state index in [0.717, 1.165) is 10.8 Å². The van der Waals surface area contributed by atoms with E-state index in [1.165, 1.54) is 4.90 Å². The molecule has 0 bridgehead atoms. The number of amides is 2. The van der Waals surface area contributed by atoms with Gasteiger partial charge in [-0.1, -0.05) is 0 Å². The fraction of sp³-hybridized carbons (Fsp3) is 0.476. The first-order valence-corrected chi connectivity index (χ1v) is 12.9. The fourth-order valence-corrected chi connectivity index (χ4v) is 4.35. The zero-order valence-electron chi connectivity index (χ0n) is 19.8. The van der Waals surface area contributed by atoms with Gasteiger partial charge in [0.05, 0.1) is 18.0 Å². The maximum Gasteiger partial charge on any atom is 0.449 e. The van der Waals surface area contributed by atoms with Crippen molar-refractivity contribution in [1.29, 1.82) is 0 Å². The summed E-state index contributed by atoms with van der Waals surface area (Å²) >= 11 is 0. The Morgan fingerprint density at radius 1 is 1.13 bits per heavy atom. The predicted octanol–water partition coefficient (Wildman–Crippen LogP) is 2.42. The molecule has 0 fully saturated rings. The van der Waals surface area contributed by atoms with E-state index in [2.05, 4.69) is 10.3 Å². The Hall–Kier alpha value is -2.85. The maximum atomic E-state index is 13.9. The van der Waals surface area contributed by atoms with Crippen molar-refractivity contribution < 1.29 is 44.3 Å². The fourth-order valence-electron chi connectivity index (χ4n) is 3.80.